The van der Waals surface area contributed by atoms with E-state index in [2.05, 4.69) is 22.9 Å². The van der Waals surface area contributed by atoms with Crippen molar-refractivity contribution >= 4 is 11.9 Å². The fraction of sp³-hybridized carbons (Fsp3) is 0.667. The molecule has 2 rings (SSSR count). The first-order valence-corrected chi connectivity index (χ1v) is 8.49. The molecule has 0 saturated carbocycles. The molecule has 1 aliphatic rings. The van der Waals surface area contributed by atoms with Gasteiger partial charge in [0.1, 0.15) is 11.4 Å². The van der Waals surface area contributed by atoms with Crippen LogP contribution in [-0.2, 0) is 4.74 Å². The summed E-state index contributed by atoms with van der Waals surface area (Å²) < 4.78 is 5.61. The molecule has 1 atom stereocenters. The molecule has 0 spiro atoms. The number of hydrogen-bond acceptors (Lipinski definition) is 4. The Hall–Kier alpha value is -1.78. The predicted octanol–water partition coefficient (Wildman–Crippen LogP) is 4.00. The Morgan fingerprint density at radius 3 is 2.83 bits per heavy atom. The van der Waals surface area contributed by atoms with Crippen LogP contribution in [0.4, 0.5) is 10.6 Å². The van der Waals surface area contributed by atoms with E-state index < -0.39 is 5.60 Å². The number of nitrogens with zero attached hydrogens (tertiary/aromatic N) is 3. The summed E-state index contributed by atoms with van der Waals surface area (Å²) in [6.45, 7) is 9.44. The lowest BCUT2D eigenvalue weighted by atomic mass is 9.95. The molecule has 128 valence electrons. The third kappa shape index (κ3) is 4.36. The molecule has 1 aliphatic heterocycles. The van der Waals surface area contributed by atoms with E-state index in [4.69, 9.17) is 4.74 Å². The van der Waals surface area contributed by atoms with Crippen molar-refractivity contribution in [1.82, 2.24) is 9.88 Å². The van der Waals surface area contributed by atoms with Gasteiger partial charge in [-0.1, -0.05) is 6.07 Å². The minimum Gasteiger partial charge on any atom is -0.444 e. The monoisotopic (exact) mass is 319 g/mol. The maximum atomic E-state index is 12.6. The molecule has 1 fully saturated rings. The zero-order chi connectivity index (χ0) is 17.0. The predicted molar refractivity (Wildman–Crippen MR) is 92.7 cm³/mol. The third-order valence-corrected chi connectivity index (χ3v) is 4.14. The van der Waals surface area contributed by atoms with Crippen molar-refractivity contribution in [2.75, 3.05) is 25.0 Å². The van der Waals surface area contributed by atoms with Crippen molar-refractivity contribution in [1.29, 1.82) is 0 Å². The van der Waals surface area contributed by atoms with Gasteiger partial charge in [-0.25, -0.2) is 9.78 Å². The van der Waals surface area contributed by atoms with Crippen LogP contribution in [0.2, 0.25) is 0 Å². The number of likely N-dealkylation sites (tertiary alicyclic amines) is 1. The van der Waals surface area contributed by atoms with Gasteiger partial charge in [0.15, 0.2) is 0 Å². The Balaban J connectivity index is 2.30. The average Bonchev–Trinajstić information content (AvgIpc) is 2.52. The molecular formula is C18H29N3O2. The molecule has 1 saturated heterocycles. The van der Waals surface area contributed by atoms with Crippen LogP contribution >= 0.6 is 0 Å². The highest BCUT2D eigenvalue weighted by Gasteiger charge is 2.33. The minimum absolute atomic E-state index is 0.0382. The van der Waals surface area contributed by atoms with Crippen molar-refractivity contribution in [3.05, 3.63) is 23.9 Å². The lowest BCUT2D eigenvalue weighted by molar-refractivity contribution is 0.00955. The van der Waals surface area contributed by atoms with Crippen LogP contribution < -0.4 is 4.90 Å². The van der Waals surface area contributed by atoms with Crippen molar-refractivity contribution in [3.63, 3.8) is 0 Å². The summed E-state index contributed by atoms with van der Waals surface area (Å²) in [5, 5.41) is 0. The number of amides is 1. The first-order valence-electron chi connectivity index (χ1n) is 8.49. The number of hydrogen-bond donors (Lipinski definition) is 0. The summed E-state index contributed by atoms with van der Waals surface area (Å²) in [6.07, 6.45) is 4.68. The van der Waals surface area contributed by atoms with Gasteiger partial charge in [-0.2, -0.15) is 0 Å². The van der Waals surface area contributed by atoms with Gasteiger partial charge in [0, 0.05) is 31.9 Å². The van der Waals surface area contributed by atoms with Crippen LogP contribution in [0.3, 0.4) is 0 Å². The van der Waals surface area contributed by atoms with Crippen LogP contribution in [0.25, 0.3) is 0 Å². The molecule has 0 radical (unpaired) electrons. The molecule has 0 aromatic carbocycles. The van der Waals surface area contributed by atoms with E-state index in [-0.39, 0.29) is 12.1 Å². The normalized spacial score (nSPS) is 18.7. The lowest BCUT2D eigenvalue weighted by Gasteiger charge is -2.38. The third-order valence-electron chi connectivity index (χ3n) is 4.14. The first kappa shape index (κ1) is 17.6. The molecular weight excluding hydrogens is 290 g/mol. The number of carbonyl (C=O) groups is 1. The molecule has 1 unspecified atom stereocenters. The van der Waals surface area contributed by atoms with Gasteiger partial charge in [0.2, 0.25) is 0 Å². The van der Waals surface area contributed by atoms with E-state index in [1.165, 1.54) is 0 Å². The van der Waals surface area contributed by atoms with Gasteiger partial charge >= 0.3 is 6.09 Å². The standard InChI is InChI=1S/C18H29N3O2/c1-6-20(5)16-14(10-9-12-19-16)15-11-7-8-13-21(15)17(22)23-18(2,3)4/h9-10,12,15H,6-8,11,13H2,1-5H3. The number of rotatable bonds is 3. The summed E-state index contributed by atoms with van der Waals surface area (Å²) in [6, 6.07) is 4.07. The van der Waals surface area contributed by atoms with Crippen LogP contribution in [0.5, 0.6) is 0 Å². The van der Waals surface area contributed by atoms with Crippen molar-refractivity contribution in [3.8, 4) is 0 Å². The molecule has 2 heterocycles. The van der Waals surface area contributed by atoms with Crippen LogP contribution in [0.15, 0.2) is 18.3 Å². The Morgan fingerprint density at radius 1 is 1.43 bits per heavy atom. The second-order valence-electron chi connectivity index (χ2n) is 7.12. The minimum atomic E-state index is -0.475. The summed E-state index contributed by atoms with van der Waals surface area (Å²) >= 11 is 0. The van der Waals surface area contributed by atoms with Gasteiger partial charge in [-0.3, -0.25) is 0 Å². The molecule has 5 nitrogen and oxygen atoms in total. The number of anilines is 1. The van der Waals surface area contributed by atoms with Gasteiger partial charge in [0.05, 0.1) is 6.04 Å². The molecule has 1 amide bonds. The first-order chi connectivity index (χ1) is 10.8. The number of piperidine rings is 1. The fourth-order valence-corrected chi connectivity index (χ4v) is 2.93. The quantitative estimate of drug-likeness (QED) is 0.845. The van der Waals surface area contributed by atoms with Crippen molar-refractivity contribution < 1.29 is 9.53 Å². The van der Waals surface area contributed by atoms with E-state index >= 15 is 0 Å². The highest BCUT2D eigenvalue weighted by molar-refractivity contribution is 5.69. The number of ether oxygens (including phenoxy) is 1. The van der Waals surface area contributed by atoms with E-state index in [0.717, 1.165) is 43.7 Å². The number of aromatic nitrogens is 1. The van der Waals surface area contributed by atoms with Crippen LogP contribution in [0, 0.1) is 0 Å². The average molecular weight is 319 g/mol. The summed E-state index contributed by atoms with van der Waals surface area (Å²) in [4.78, 5) is 21.2. The van der Waals surface area contributed by atoms with Gasteiger partial charge in [-0.15, -0.1) is 0 Å². The molecule has 1 aromatic heterocycles. The topological polar surface area (TPSA) is 45.7 Å². The van der Waals surface area contributed by atoms with E-state index in [0.29, 0.717) is 0 Å². The zero-order valence-electron chi connectivity index (χ0n) is 15.0. The van der Waals surface area contributed by atoms with Gasteiger partial charge < -0.3 is 14.5 Å². The summed E-state index contributed by atoms with van der Waals surface area (Å²) in [5.41, 5.74) is 0.638. The Labute approximate surface area is 139 Å². The molecule has 5 heteroatoms. The van der Waals surface area contributed by atoms with Crippen molar-refractivity contribution in [2.45, 2.75) is 58.6 Å². The number of pyridine rings is 1. The van der Waals surface area contributed by atoms with Crippen LogP contribution in [-0.4, -0.2) is 41.7 Å². The fourth-order valence-electron chi connectivity index (χ4n) is 2.93. The maximum Gasteiger partial charge on any atom is 0.410 e. The van der Waals surface area contributed by atoms with Crippen LogP contribution in [0.1, 0.15) is 58.6 Å². The largest absolute Gasteiger partial charge is 0.444 e. The van der Waals surface area contributed by atoms with E-state index in [9.17, 15) is 4.79 Å². The van der Waals surface area contributed by atoms with Gasteiger partial charge in [0.25, 0.3) is 0 Å². The highest BCUT2D eigenvalue weighted by atomic mass is 16.6. The smallest absolute Gasteiger partial charge is 0.410 e. The SMILES string of the molecule is CCN(C)c1ncccc1C1CCCCN1C(=O)OC(C)(C)C. The molecule has 0 bridgehead atoms. The lowest BCUT2D eigenvalue weighted by Crippen LogP contribution is -2.42. The summed E-state index contributed by atoms with van der Waals surface area (Å²) in [7, 11) is 2.03. The molecule has 0 aliphatic carbocycles. The van der Waals surface area contributed by atoms with Gasteiger partial charge in [-0.05, 0) is 53.0 Å². The summed E-state index contributed by atoms with van der Waals surface area (Å²) in [5.74, 6) is 0.954. The highest BCUT2D eigenvalue weighted by Crippen LogP contribution is 2.36. The van der Waals surface area contributed by atoms with E-state index in [1.54, 1.807) is 0 Å². The molecule has 0 N–H and O–H groups in total. The second kappa shape index (κ2) is 7.20. The second-order valence-corrected chi connectivity index (χ2v) is 7.12. The molecule has 1 aromatic rings. The van der Waals surface area contributed by atoms with E-state index in [1.807, 2.05) is 45.0 Å². The number of carbonyl (C=O) groups excluding carboxylic acids is 1. The van der Waals surface area contributed by atoms with Crippen molar-refractivity contribution in [2.24, 2.45) is 0 Å². The Bertz CT molecular complexity index is 539. The molecule has 23 heavy (non-hydrogen) atoms. The zero-order valence-corrected chi connectivity index (χ0v) is 15.0. The Morgan fingerprint density at radius 2 is 2.17 bits per heavy atom. The maximum absolute atomic E-state index is 12.6. The Kier molecular flexibility index (Phi) is 5.50.